The molecule has 2 amide bonds. The lowest BCUT2D eigenvalue weighted by Crippen LogP contribution is -2.43. The topological polar surface area (TPSA) is 45.6 Å². The van der Waals surface area contributed by atoms with Crippen LogP contribution in [0.3, 0.4) is 0 Å². The molecule has 0 aliphatic heterocycles. The van der Waals surface area contributed by atoms with Crippen molar-refractivity contribution in [3.8, 4) is 11.1 Å². The molecule has 4 aromatic rings. The van der Waals surface area contributed by atoms with Gasteiger partial charge in [-0.3, -0.25) is 9.59 Å². The molecule has 4 rings (SSSR count). The first kappa shape index (κ1) is 29.3. The van der Waals surface area contributed by atoms with Gasteiger partial charge in [-0.1, -0.05) is 90.8 Å². The number of hydrogen-bond donors (Lipinski definition) is 0. The van der Waals surface area contributed by atoms with E-state index in [1.807, 2.05) is 72.5 Å². The van der Waals surface area contributed by atoms with E-state index in [1.165, 1.54) is 5.56 Å². The largest absolute Gasteiger partial charge is 0.345 e. The maximum atomic E-state index is 13.7. The van der Waals surface area contributed by atoms with Crippen LogP contribution in [0.1, 0.15) is 54.7 Å². The summed E-state index contributed by atoms with van der Waals surface area (Å²) in [5.74, 6) is -0.128. The number of unbranched alkanes of at least 4 members (excludes halogenated alkanes) is 1. The first-order valence-corrected chi connectivity index (χ1v) is 14.9. The second-order valence-electron chi connectivity index (χ2n) is 10.1. The van der Waals surface area contributed by atoms with Crippen LogP contribution < -0.4 is 0 Å². The van der Waals surface area contributed by atoms with Crippen LogP contribution in [0, 0.1) is 0 Å². The summed E-state index contributed by atoms with van der Waals surface area (Å²) in [5, 5.41) is 0. The van der Waals surface area contributed by atoms with Gasteiger partial charge in [0.15, 0.2) is 0 Å². The van der Waals surface area contributed by atoms with Gasteiger partial charge in [-0.05, 0) is 65.9 Å². The molecule has 0 saturated carbocycles. The van der Waals surface area contributed by atoms with E-state index in [9.17, 15) is 9.59 Å². The van der Waals surface area contributed by atoms with Gasteiger partial charge in [0.25, 0.3) is 5.91 Å². The molecule has 0 saturated heterocycles. The fourth-order valence-electron chi connectivity index (χ4n) is 4.77. The Kier molecular flexibility index (Phi) is 10.8. The quantitative estimate of drug-likeness (QED) is 0.158. The summed E-state index contributed by atoms with van der Waals surface area (Å²) in [6.45, 7) is 6.70. The maximum absolute atomic E-state index is 13.7. The third kappa shape index (κ3) is 7.95. The van der Waals surface area contributed by atoms with Crippen molar-refractivity contribution in [1.82, 2.24) is 14.4 Å². The molecule has 0 spiro atoms. The molecule has 0 aliphatic rings. The van der Waals surface area contributed by atoms with Crippen LogP contribution in [0.15, 0.2) is 102 Å². The minimum absolute atomic E-state index is 0.0208. The summed E-state index contributed by atoms with van der Waals surface area (Å²) >= 11 is 3.50. The summed E-state index contributed by atoms with van der Waals surface area (Å²) in [6.07, 6.45) is 4.76. The molecule has 0 fully saturated rings. The van der Waals surface area contributed by atoms with Crippen molar-refractivity contribution in [2.24, 2.45) is 0 Å². The molecule has 40 heavy (non-hydrogen) atoms. The van der Waals surface area contributed by atoms with E-state index in [0.29, 0.717) is 25.2 Å². The van der Waals surface area contributed by atoms with Gasteiger partial charge in [0.2, 0.25) is 5.91 Å². The Balaban J connectivity index is 1.46. The Labute approximate surface area is 246 Å². The SMILES string of the molecule is CCCCN(Cc1cccn1Cc1ccc(Br)cc1)C(=O)CN(CCC)C(=O)c1ccc(-c2ccccc2)cc1. The lowest BCUT2D eigenvalue weighted by molar-refractivity contribution is -0.132. The van der Waals surface area contributed by atoms with Gasteiger partial charge in [-0.15, -0.1) is 0 Å². The molecule has 3 aromatic carbocycles. The van der Waals surface area contributed by atoms with Crippen molar-refractivity contribution >= 4 is 27.7 Å². The average molecular weight is 601 g/mol. The number of carbonyl (C=O) groups is 2. The lowest BCUT2D eigenvalue weighted by Gasteiger charge is -2.28. The Morgan fingerprint density at radius 1 is 0.750 bits per heavy atom. The third-order valence-corrected chi connectivity index (χ3v) is 7.55. The third-order valence-electron chi connectivity index (χ3n) is 7.02. The predicted octanol–water partition coefficient (Wildman–Crippen LogP) is 7.65. The van der Waals surface area contributed by atoms with Crippen molar-refractivity contribution in [3.05, 3.63) is 118 Å². The van der Waals surface area contributed by atoms with E-state index in [0.717, 1.165) is 47.1 Å². The standard InChI is InChI=1S/C34H38BrN3O2/c1-3-5-22-37(25-32-12-9-23-36(32)24-27-13-19-31(35)20-14-27)33(39)26-38(21-4-2)34(40)30-17-15-29(16-18-30)28-10-7-6-8-11-28/h6-20,23H,3-5,21-22,24-26H2,1-2H3. The summed E-state index contributed by atoms with van der Waals surface area (Å²) in [6, 6.07) is 30.2. The highest BCUT2D eigenvalue weighted by atomic mass is 79.9. The normalized spacial score (nSPS) is 10.9. The minimum Gasteiger partial charge on any atom is -0.345 e. The first-order valence-electron chi connectivity index (χ1n) is 14.1. The number of rotatable bonds is 13. The second-order valence-corrected chi connectivity index (χ2v) is 11.0. The molecule has 0 bridgehead atoms. The first-order chi connectivity index (χ1) is 19.5. The molecule has 208 valence electrons. The van der Waals surface area contributed by atoms with Crippen LogP contribution in [-0.2, 0) is 17.9 Å². The Morgan fingerprint density at radius 2 is 1.45 bits per heavy atom. The van der Waals surface area contributed by atoms with Gasteiger partial charge in [0.05, 0.1) is 6.54 Å². The number of benzene rings is 3. The van der Waals surface area contributed by atoms with E-state index in [1.54, 1.807) is 4.90 Å². The second kappa shape index (κ2) is 14.7. The number of amides is 2. The van der Waals surface area contributed by atoms with Crippen LogP contribution in [0.25, 0.3) is 11.1 Å². The summed E-state index contributed by atoms with van der Waals surface area (Å²) in [5.41, 5.74) is 5.05. The molecule has 0 atom stereocenters. The highest BCUT2D eigenvalue weighted by Crippen LogP contribution is 2.20. The van der Waals surface area contributed by atoms with Crippen molar-refractivity contribution in [3.63, 3.8) is 0 Å². The van der Waals surface area contributed by atoms with E-state index in [4.69, 9.17) is 0 Å². The van der Waals surface area contributed by atoms with E-state index in [-0.39, 0.29) is 18.4 Å². The molecule has 1 heterocycles. The Hall–Kier alpha value is -3.64. The number of nitrogens with zero attached hydrogens (tertiary/aromatic N) is 3. The molecule has 1 aromatic heterocycles. The number of hydrogen-bond acceptors (Lipinski definition) is 2. The van der Waals surface area contributed by atoms with Crippen molar-refractivity contribution < 1.29 is 9.59 Å². The van der Waals surface area contributed by atoms with Crippen molar-refractivity contribution in [2.75, 3.05) is 19.6 Å². The van der Waals surface area contributed by atoms with E-state index >= 15 is 0 Å². The molecule has 0 N–H and O–H groups in total. The van der Waals surface area contributed by atoms with Crippen LogP contribution in [0.5, 0.6) is 0 Å². The van der Waals surface area contributed by atoms with Gasteiger partial charge in [-0.25, -0.2) is 0 Å². The highest BCUT2D eigenvalue weighted by Gasteiger charge is 2.23. The summed E-state index contributed by atoms with van der Waals surface area (Å²) in [7, 11) is 0. The zero-order valence-electron chi connectivity index (χ0n) is 23.4. The predicted molar refractivity (Wildman–Crippen MR) is 166 cm³/mol. The fraction of sp³-hybridized carbons (Fsp3) is 0.294. The molecular weight excluding hydrogens is 562 g/mol. The zero-order chi connectivity index (χ0) is 28.3. The Morgan fingerprint density at radius 3 is 2.12 bits per heavy atom. The van der Waals surface area contributed by atoms with Crippen LogP contribution in [0.4, 0.5) is 0 Å². The number of halogens is 1. The number of carbonyl (C=O) groups excluding carboxylic acids is 2. The average Bonchev–Trinajstić information content (AvgIpc) is 3.42. The van der Waals surface area contributed by atoms with Gasteiger partial charge >= 0.3 is 0 Å². The van der Waals surface area contributed by atoms with Crippen molar-refractivity contribution in [2.45, 2.75) is 46.2 Å². The monoisotopic (exact) mass is 599 g/mol. The fourth-order valence-corrected chi connectivity index (χ4v) is 5.04. The minimum atomic E-state index is -0.108. The van der Waals surface area contributed by atoms with Crippen molar-refractivity contribution in [1.29, 1.82) is 0 Å². The van der Waals surface area contributed by atoms with Crippen LogP contribution in [-0.4, -0.2) is 45.8 Å². The molecule has 0 radical (unpaired) electrons. The van der Waals surface area contributed by atoms with Crippen LogP contribution in [0.2, 0.25) is 0 Å². The summed E-state index contributed by atoms with van der Waals surface area (Å²) in [4.78, 5) is 30.8. The van der Waals surface area contributed by atoms with Gasteiger partial charge in [0, 0.05) is 41.6 Å². The lowest BCUT2D eigenvalue weighted by atomic mass is 10.0. The molecule has 6 heteroatoms. The van der Waals surface area contributed by atoms with Gasteiger partial charge in [-0.2, -0.15) is 0 Å². The zero-order valence-corrected chi connectivity index (χ0v) is 25.0. The summed E-state index contributed by atoms with van der Waals surface area (Å²) < 4.78 is 3.25. The molecule has 0 unspecified atom stereocenters. The van der Waals surface area contributed by atoms with Gasteiger partial charge in [0.1, 0.15) is 6.54 Å². The molecular formula is C34H38BrN3O2. The van der Waals surface area contributed by atoms with E-state index < -0.39 is 0 Å². The van der Waals surface area contributed by atoms with Gasteiger partial charge < -0.3 is 14.4 Å². The smallest absolute Gasteiger partial charge is 0.254 e. The Bertz CT molecular complexity index is 1360. The maximum Gasteiger partial charge on any atom is 0.254 e. The van der Waals surface area contributed by atoms with E-state index in [2.05, 4.69) is 63.9 Å². The van der Waals surface area contributed by atoms with Crippen LogP contribution >= 0.6 is 15.9 Å². The highest BCUT2D eigenvalue weighted by molar-refractivity contribution is 9.10. The molecule has 0 aliphatic carbocycles. The molecule has 5 nitrogen and oxygen atoms in total. The number of aromatic nitrogens is 1.